The molecule has 7 nitrogen and oxygen atoms in total. The van der Waals surface area contributed by atoms with E-state index in [-0.39, 0.29) is 11.3 Å². The van der Waals surface area contributed by atoms with Crippen molar-refractivity contribution in [1.29, 1.82) is 0 Å². The Morgan fingerprint density at radius 1 is 1.06 bits per heavy atom. The normalized spacial score (nSPS) is 12.3. The molecule has 0 spiro atoms. The van der Waals surface area contributed by atoms with Crippen LogP contribution in [-0.2, 0) is 6.18 Å². The average Bonchev–Trinajstić information content (AvgIpc) is 2.64. The number of nitro groups is 1. The maximum atomic E-state index is 12.8. The second kappa shape index (κ2) is 9.49. The number of alkyl halides is 7. The fourth-order valence-corrected chi connectivity index (χ4v) is 2.33. The van der Waals surface area contributed by atoms with Crippen LogP contribution in [0, 0.1) is 10.1 Å². The topological polar surface area (TPSA) is 86.0 Å². The molecule has 2 rings (SSSR count). The van der Waals surface area contributed by atoms with Crippen molar-refractivity contribution in [3.05, 3.63) is 57.6 Å². The van der Waals surface area contributed by atoms with Crippen molar-refractivity contribution >= 4 is 17.1 Å². The molecule has 168 valence electrons. The van der Waals surface area contributed by atoms with Crippen LogP contribution in [0.15, 0.2) is 41.5 Å². The SMILES string of the molecule is C/C(=N\Nc1ccc(C(F)(F)F)cc1[N+](=O)[O-])c1ccc(OC(F)F)cc1OC(F)F. The van der Waals surface area contributed by atoms with Crippen molar-refractivity contribution in [1.82, 2.24) is 0 Å². The number of hydrazone groups is 1. The Labute approximate surface area is 169 Å². The zero-order valence-corrected chi connectivity index (χ0v) is 15.3. The monoisotopic (exact) mass is 455 g/mol. The highest BCUT2D eigenvalue weighted by atomic mass is 19.4. The molecule has 2 aromatic rings. The Hall–Kier alpha value is -3.58. The lowest BCUT2D eigenvalue weighted by molar-refractivity contribution is -0.384. The number of nitro benzene ring substituents is 1. The van der Waals surface area contributed by atoms with Gasteiger partial charge >= 0.3 is 19.4 Å². The first-order chi connectivity index (χ1) is 14.4. The van der Waals surface area contributed by atoms with Gasteiger partial charge in [0.2, 0.25) is 0 Å². The van der Waals surface area contributed by atoms with Crippen molar-refractivity contribution < 1.29 is 45.1 Å². The molecule has 14 heteroatoms. The van der Waals surface area contributed by atoms with Crippen molar-refractivity contribution in [3.63, 3.8) is 0 Å². The van der Waals surface area contributed by atoms with E-state index in [4.69, 9.17) is 0 Å². The summed E-state index contributed by atoms with van der Waals surface area (Å²) in [5.74, 6) is -1.06. The van der Waals surface area contributed by atoms with Crippen LogP contribution < -0.4 is 14.9 Å². The van der Waals surface area contributed by atoms with Crippen LogP contribution in [0.1, 0.15) is 18.1 Å². The molecule has 0 aliphatic heterocycles. The first-order valence-electron chi connectivity index (χ1n) is 8.08. The first-order valence-corrected chi connectivity index (χ1v) is 8.08. The van der Waals surface area contributed by atoms with Crippen molar-refractivity contribution in [3.8, 4) is 11.5 Å². The minimum absolute atomic E-state index is 0.103. The van der Waals surface area contributed by atoms with Gasteiger partial charge in [0.25, 0.3) is 5.69 Å². The third kappa shape index (κ3) is 6.45. The molecule has 2 aromatic carbocycles. The molecular formula is C17H12F7N3O4. The van der Waals surface area contributed by atoms with E-state index < -0.39 is 52.8 Å². The first kappa shape index (κ1) is 23.7. The fraction of sp³-hybridized carbons (Fsp3) is 0.235. The summed E-state index contributed by atoms with van der Waals surface area (Å²) < 4.78 is 96.6. The Morgan fingerprint density at radius 3 is 2.26 bits per heavy atom. The lowest BCUT2D eigenvalue weighted by Gasteiger charge is -2.13. The predicted molar refractivity (Wildman–Crippen MR) is 93.6 cm³/mol. The van der Waals surface area contributed by atoms with Gasteiger partial charge in [-0.2, -0.15) is 35.8 Å². The van der Waals surface area contributed by atoms with Crippen LogP contribution in [-0.4, -0.2) is 23.9 Å². The molecule has 0 aromatic heterocycles. The molecule has 0 unspecified atom stereocenters. The number of hydrogen-bond donors (Lipinski definition) is 1. The molecule has 0 saturated carbocycles. The van der Waals surface area contributed by atoms with E-state index >= 15 is 0 Å². The molecule has 0 aliphatic carbocycles. The van der Waals surface area contributed by atoms with Crippen LogP contribution >= 0.6 is 0 Å². The smallest absolute Gasteiger partial charge is 0.416 e. The van der Waals surface area contributed by atoms with Gasteiger partial charge in [0.1, 0.15) is 17.2 Å². The van der Waals surface area contributed by atoms with E-state index in [0.717, 1.165) is 24.3 Å². The van der Waals surface area contributed by atoms with Crippen LogP contribution in [0.3, 0.4) is 0 Å². The number of nitrogens with one attached hydrogen (secondary N) is 1. The summed E-state index contributed by atoms with van der Waals surface area (Å²) in [5, 5.41) is 14.8. The summed E-state index contributed by atoms with van der Waals surface area (Å²) in [7, 11) is 0. The summed E-state index contributed by atoms with van der Waals surface area (Å²) >= 11 is 0. The van der Waals surface area contributed by atoms with Crippen LogP contribution in [0.25, 0.3) is 0 Å². The van der Waals surface area contributed by atoms with Gasteiger partial charge in [0.05, 0.1) is 16.2 Å². The fourth-order valence-electron chi connectivity index (χ4n) is 2.33. The van der Waals surface area contributed by atoms with Gasteiger partial charge in [-0.3, -0.25) is 15.5 Å². The molecule has 0 saturated heterocycles. The van der Waals surface area contributed by atoms with Gasteiger partial charge in [-0.15, -0.1) is 0 Å². The quantitative estimate of drug-likeness (QED) is 0.241. The Balaban J connectivity index is 2.38. The molecule has 0 amide bonds. The van der Waals surface area contributed by atoms with Gasteiger partial charge < -0.3 is 9.47 Å². The second-order valence-corrected chi connectivity index (χ2v) is 5.71. The van der Waals surface area contributed by atoms with E-state index in [9.17, 15) is 40.8 Å². The largest absolute Gasteiger partial charge is 0.435 e. The number of anilines is 1. The number of halogens is 7. The van der Waals surface area contributed by atoms with Crippen LogP contribution in [0.2, 0.25) is 0 Å². The van der Waals surface area contributed by atoms with Gasteiger partial charge in [0, 0.05) is 17.7 Å². The summed E-state index contributed by atoms with van der Waals surface area (Å²) in [6.45, 7) is -5.29. The third-order valence-electron chi connectivity index (χ3n) is 3.65. The zero-order chi connectivity index (χ0) is 23.3. The predicted octanol–water partition coefficient (Wildman–Crippen LogP) is 5.65. The number of rotatable bonds is 8. The Kier molecular flexibility index (Phi) is 7.25. The summed E-state index contributed by atoms with van der Waals surface area (Å²) in [6, 6.07) is 4.49. The highest BCUT2D eigenvalue weighted by Gasteiger charge is 2.33. The maximum absolute atomic E-state index is 12.8. The molecule has 0 fully saturated rings. The lowest BCUT2D eigenvalue weighted by Crippen LogP contribution is -2.10. The van der Waals surface area contributed by atoms with Crippen LogP contribution in [0.5, 0.6) is 11.5 Å². The minimum Gasteiger partial charge on any atom is -0.435 e. The molecule has 0 heterocycles. The molecule has 1 N–H and O–H groups in total. The summed E-state index contributed by atoms with van der Waals surface area (Å²) in [4.78, 5) is 10.0. The summed E-state index contributed by atoms with van der Waals surface area (Å²) in [5.41, 5.74) is -0.643. The Morgan fingerprint density at radius 2 is 1.71 bits per heavy atom. The third-order valence-corrected chi connectivity index (χ3v) is 3.65. The maximum Gasteiger partial charge on any atom is 0.416 e. The van der Waals surface area contributed by atoms with E-state index in [1.165, 1.54) is 6.92 Å². The second-order valence-electron chi connectivity index (χ2n) is 5.71. The van der Waals surface area contributed by atoms with Gasteiger partial charge in [-0.1, -0.05) is 0 Å². The zero-order valence-electron chi connectivity index (χ0n) is 15.3. The van der Waals surface area contributed by atoms with Crippen molar-refractivity contribution in [2.45, 2.75) is 26.3 Å². The number of benzene rings is 2. The summed E-state index contributed by atoms with van der Waals surface area (Å²) in [6.07, 6.45) is -4.81. The average molecular weight is 455 g/mol. The van der Waals surface area contributed by atoms with Crippen LogP contribution in [0.4, 0.5) is 42.1 Å². The highest BCUT2D eigenvalue weighted by Crippen LogP contribution is 2.35. The minimum atomic E-state index is -4.81. The number of nitrogens with zero attached hydrogens (tertiary/aromatic N) is 2. The highest BCUT2D eigenvalue weighted by molar-refractivity contribution is 6.01. The van der Waals surface area contributed by atoms with Crippen molar-refractivity contribution in [2.75, 3.05) is 5.43 Å². The molecule has 31 heavy (non-hydrogen) atoms. The van der Waals surface area contributed by atoms with E-state index in [0.29, 0.717) is 12.1 Å². The standard InChI is InChI=1S/C17H12F7N3O4/c1-8(11-4-3-10(30-15(18)19)7-14(11)31-16(20)21)25-26-12-5-2-9(17(22,23)24)6-13(12)27(28)29/h2-7,15-16,26H,1H3/b25-8+. The van der Waals surface area contributed by atoms with E-state index in [1.54, 1.807) is 0 Å². The number of hydrogen-bond acceptors (Lipinski definition) is 6. The van der Waals surface area contributed by atoms with Gasteiger partial charge in [0.15, 0.2) is 0 Å². The number of ether oxygens (including phenoxy) is 2. The molecule has 0 aliphatic rings. The molecule has 0 bridgehead atoms. The lowest BCUT2D eigenvalue weighted by atomic mass is 10.1. The van der Waals surface area contributed by atoms with Crippen molar-refractivity contribution in [2.24, 2.45) is 5.10 Å². The van der Waals surface area contributed by atoms with Gasteiger partial charge in [-0.05, 0) is 31.2 Å². The molecular weight excluding hydrogens is 443 g/mol. The van der Waals surface area contributed by atoms with E-state index in [2.05, 4.69) is 20.0 Å². The van der Waals surface area contributed by atoms with E-state index in [1.807, 2.05) is 0 Å². The Bertz CT molecular complexity index is 981. The molecule has 0 radical (unpaired) electrons. The van der Waals surface area contributed by atoms with Gasteiger partial charge in [-0.25, -0.2) is 0 Å². The molecule has 0 atom stereocenters.